The van der Waals surface area contributed by atoms with E-state index in [2.05, 4.69) is 4.72 Å². The van der Waals surface area contributed by atoms with Gasteiger partial charge < -0.3 is 10.8 Å². The summed E-state index contributed by atoms with van der Waals surface area (Å²) in [6, 6.07) is 10.5. The molecule has 0 aliphatic heterocycles. The molecule has 0 radical (unpaired) electrons. The van der Waals surface area contributed by atoms with Gasteiger partial charge in [-0.25, -0.2) is 13.2 Å². The number of benzene rings is 2. The van der Waals surface area contributed by atoms with Gasteiger partial charge in [0.15, 0.2) is 0 Å². The molecule has 7 heteroatoms. The minimum atomic E-state index is -3.92. The number of nitrogens with two attached hydrogens (primary N) is 1. The van der Waals surface area contributed by atoms with E-state index in [1.54, 1.807) is 18.2 Å². The highest BCUT2D eigenvalue weighted by molar-refractivity contribution is 7.92. The van der Waals surface area contributed by atoms with Crippen LogP contribution in [0.15, 0.2) is 47.4 Å². The van der Waals surface area contributed by atoms with Gasteiger partial charge in [0.1, 0.15) is 0 Å². The van der Waals surface area contributed by atoms with Crippen molar-refractivity contribution in [3.05, 3.63) is 53.6 Å². The minimum Gasteiger partial charge on any atom is -0.478 e. The third kappa shape index (κ3) is 2.97. The highest BCUT2D eigenvalue weighted by atomic mass is 32.2. The van der Waals surface area contributed by atoms with Gasteiger partial charge in [0.25, 0.3) is 10.0 Å². The van der Waals surface area contributed by atoms with Crippen LogP contribution in [0.5, 0.6) is 0 Å². The van der Waals surface area contributed by atoms with Crippen LogP contribution in [0.25, 0.3) is 0 Å². The van der Waals surface area contributed by atoms with Crippen LogP contribution in [-0.4, -0.2) is 19.5 Å². The second-order valence-corrected chi connectivity index (χ2v) is 6.08. The fourth-order valence-corrected chi connectivity index (χ4v) is 3.28. The summed E-state index contributed by atoms with van der Waals surface area (Å²) in [6.07, 6.45) is 0. The Labute approximate surface area is 122 Å². The second-order valence-electron chi connectivity index (χ2n) is 4.43. The van der Waals surface area contributed by atoms with E-state index in [1.807, 2.05) is 0 Å². The Morgan fingerprint density at radius 2 is 1.81 bits per heavy atom. The number of anilines is 2. The van der Waals surface area contributed by atoms with E-state index in [0.717, 1.165) is 0 Å². The Hall–Kier alpha value is -2.54. The van der Waals surface area contributed by atoms with Crippen molar-refractivity contribution >= 4 is 27.4 Å². The summed E-state index contributed by atoms with van der Waals surface area (Å²) < 4.78 is 27.1. The molecule has 0 heterocycles. The smallest absolute Gasteiger partial charge is 0.335 e. The number of carbonyl (C=O) groups is 1. The zero-order chi connectivity index (χ0) is 15.6. The van der Waals surface area contributed by atoms with Crippen LogP contribution in [0.3, 0.4) is 0 Å². The lowest BCUT2D eigenvalue weighted by Crippen LogP contribution is -2.16. The summed E-state index contributed by atoms with van der Waals surface area (Å²) in [4.78, 5) is 11.0. The Balaban J connectivity index is 2.48. The lowest BCUT2D eigenvalue weighted by atomic mass is 10.1. The average Bonchev–Trinajstić information content (AvgIpc) is 2.41. The number of para-hydroxylation sites is 2. The average molecular weight is 306 g/mol. The first-order valence-electron chi connectivity index (χ1n) is 6.03. The number of sulfonamides is 1. The zero-order valence-electron chi connectivity index (χ0n) is 11.2. The number of carboxylic acids is 1. The van der Waals surface area contributed by atoms with Crippen molar-refractivity contribution in [1.82, 2.24) is 0 Å². The number of aromatic carboxylic acids is 1. The summed E-state index contributed by atoms with van der Waals surface area (Å²) >= 11 is 0. The fraction of sp³-hybridized carbons (Fsp3) is 0.0714. The molecular formula is C14H14N2O4S. The molecule has 0 bridgehead atoms. The van der Waals surface area contributed by atoms with Crippen molar-refractivity contribution in [2.45, 2.75) is 11.8 Å². The maximum Gasteiger partial charge on any atom is 0.335 e. The molecule has 0 fully saturated rings. The molecule has 2 aromatic rings. The Bertz CT molecular complexity index is 800. The lowest BCUT2D eigenvalue weighted by Gasteiger charge is -2.13. The van der Waals surface area contributed by atoms with Crippen molar-refractivity contribution in [2.24, 2.45) is 0 Å². The third-order valence-electron chi connectivity index (χ3n) is 3.01. The molecule has 2 aromatic carbocycles. The number of nitrogen functional groups attached to an aromatic ring is 1. The van der Waals surface area contributed by atoms with Crippen LogP contribution in [-0.2, 0) is 10.0 Å². The maximum atomic E-state index is 12.4. The van der Waals surface area contributed by atoms with Gasteiger partial charge in [0.05, 0.1) is 21.8 Å². The summed E-state index contributed by atoms with van der Waals surface area (Å²) in [7, 11) is -3.92. The van der Waals surface area contributed by atoms with Crippen molar-refractivity contribution in [3.8, 4) is 0 Å². The predicted octanol–water partition coefficient (Wildman–Crippen LogP) is 2.08. The highest BCUT2D eigenvalue weighted by Gasteiger charge is 2.21. The fourth-order valence-electron chi connectivity index (χ4n) is 1.93. The van der Waals surface area contributed by atoms with Crippen LogP contribution < -0.4 is 10.5 Å². The van der Waals surface area contributed by atoms with Gasteiger partial charge in [-0.05, 0) is 36.8 Å². The molecule has 0 saturated heterocycles. The molecule has 0 atom stereocenters. The molecule has 0 aliphatic carbocycles. The van der Waals surface area contributed by atoms with E-state index >= 15 is 0 Å². The summed E-state index contributed by atoms with van der Waals surface area (Å²) in [5.41, 5.74) is 6.35. The Kier molecular flexibility index (Phi) is 3.86. The number of carboxylic acid groups (broad SMARTS) is 1. The van der Waals surface area contributed by atoms with Gasteiger partial charge in [0.2, 0.25) is 0 Å². The van der Waals surface area contributed by atoms with E-state index < -0.39 is 16.0 Å². The van der Waals surface area contributed by atoms with E-state index in [-0.39, 0.29) is 27.4 Å². The van der Waals surface area contributed by atoms with Crippen LogP contribution in [0.2, 0.25) is 0 Å². The largest absolute Gasteiger partial charge is 0.478 e. The summed E-state index contributed by atoms with van der Waals surface area (Å²) in [6.45, 7) is 1.45. The molecule has 0 amide bonds. The normalized spacial score (nSPS) is 11.1. The molecule has 0 aromatic heterocycles. The third-order valence-corrected chi connectivity index (χ3v) is 4.52. The maximum absolute atomic E-state index is 12.4. The molecule has 0 saturated carbocycles. The number of rotatable bonds is 4. The van der Waals surface area contributed by atoms with Gasteiger partial charge in [-0.15, -0.1) is 0 Å². The van der Waals surface area contributed by atoms with E-state index in [4.69, 9.17) is 10.8 Å². The van der Waals surface area contributed by atoms with Crippen LogP contribution in [0.1, 0.15) is 15.9 Å². The second kappa shape index (κ2) is 5.45. The van der Waals surface area contributed by atoms with Crippen LogP contribution >= 0.6 is 0 Å². The standard InChI is InChI=1S/C14H14N2O4S/c1-9-10(14(17)18)5-4-8-13(9)21(19,20)16-12-7-3-2-6-11(12)15/h2-8,16H,15H2,1H3,(H,17,18). The van der Waals surface area contributed by atoms with Crippen LogP contribution in [0.4, 0.5) is 11.4 Å². The number of nitrogens with one attached hydrogen (secondary N) is 1. The summed E-state index contributed by atoms with van der Waals surface area (Å²) in [5.74, 6) is -1.18. The van der Waals surface area contributed by atoms with Gasteiger partial charge in [-0.2, -0.15) is 0 Å². The predicted molar refractivity (Wildman–Crippen MR) is 79.8 cm³/mol. The first kappa shape index (κ1) is 14.9. The Morgan fingerprint density at radius 3 is 2.43 bits per heavy atom. The van der Waals surface area contributed by atoms with Crippen molar-refractivity contribution < 1.29 is 18.3 Å². The van der Waals surface area contributed by atoms with Gasteiger partial charge in [-0.1, -0.05) is 18.2 Å². The molecule has 6 nitrogen and oxygen atoms in total. The SMILES string of the molecule is Cc1c(C(=O)O)cccc1S(=O)(=O)Nc1ccccc1N. The first-order valence-corrected chi connectivity index (χ1v) is 7.51. The number of hydrogen-bond donors (Lipinski definition) is 3. The first-order chi connectivity index (χ1) is 9.83. The molecule has 21 heavy (non-hydrogen) atoms. The number of hydrogen-bond acceptors (Lipinski definition) is 4. The van der Waals surface area contributed by atoms with Crippen molar-refractivity contribution in [2.75, 3.05) is 10.5 Å². The Morgan fingerprint density at radius 1 is 1.14 bits per heavy atom. The minimum absolute atomic E-state index is 0.0566. The quantitative estimate of drug-likeness (QED) is 0.749. The molecule has 110 valence electrons. The molecule has 2 rings (SSSR count). The molecular weight excluding hydrogens is 292 g/mol. The zero-order valence-corrected chi connectivity index (χ0v) is 12.0. The monoisotopic (exact) mass is 306 g/mol. The highest BCUT2D eigenvalue weighted by Crippen LogP contribution is 2.24. The van der Waals surface area contributed by atoms with E-state index in [1.165, 1.54) is 31.2 Å². The van der Waals surface area contributed by atoms with Gasteiger partial charge in [0, 0.05) is 0 Å². The van der Waals surface area contributed by atoms with Gasteiger partial charge in [-0.3, -0.25) is 4.72 Å². The lowest BCUT2D eigenvalue weighted by molar-refractivity contribution is 0.0696. The molecule has 4 N–H and O–H groups in total. The summed E-state index contributed by atoms with van der Waals surface area (Å²) in [5, 5.41) is 9.05. The van der Waals surface area contributed by atoms with Gasteiger partial charge >= 0.3 is 5.97 Å². The van der Waals surface area contributed by atoms with Crippen LogP contribution in [0, 0.1) is 6.92 Å². The van der Waals surface area contributed by atoms with Crippen molar-refractivity contribution in [1.29, 1.82) is 0 Å². The van der Waals surface area contributed by atoms with Crippen molar-refractivity contribution in [3.63, 3.8) is 0 Å². The molecule has 0 aliphatic rings. The van der Waals surface area contributed by atoms with E-state index in [0.29, 0.717) is 0 Å². The molecule has 0 spiro atoms. The molecule has 0 unspecified atom stereocenters. The van der Waals surface area contributed by atoms with E-state index in [9.17, 15) is 13.2 Å². The topological polar surface area (TPSA) is 109 Å².